The van der Waals surface area contributed by atoms with Gasteiger partial charge in [0, 0.05) is 31.3 Å². The minimum Gasteiger partial charge on any atom is -0.463 e. The molecule has 0 aromatic carbocycles. The molecule has 2 aromatic heterocycles. The lowest BCUT2D eigenvalue weighted by molar-refractivity contribution is -0.147. The van der Waals surface area contributed by atoms with Crippen molar-refractivity contribution in [2.75, 3.05) is 5.73 Å². The predicted molar refractivity (Wildman–Crippen MR) is 99.2 cm³/mol. The third-order valence-electron chi connectivity index (χ3n) is 3.94. The Bertz CT molecular complexity index is 721. The zero-order chi connectivity index (χ0) is 18.6. The van der Waals surface area contributed by atoms with Crippen molar-refractivity contribution in [3.05, 3.63) is 22.8 Å². The van der Waals surface area contributed by atoms with Crippen LogP contribution in [0.2, 0.25) is 0 Å². The minimum atomic E-state index is -0.202. The van der Waals surface area contributed by atoms with Gasteiger partial charge in [0.05, 0.1) is 0 Å². The molecule has 2 aromatic rings. The molecule has 0 aliphatic heterocycles. The van der Waals surface area contributed by atoms with E-state index in [0.29, 0.717) is 11.7 Å². The summed E-state index contributed by atoms with van der Waals surface area (Å²) in [4.78, 5) is 19.7. The van der Waals surface area contributed by atoms with Crippen LogP contribution in [0.5, 0.6) is 0 Å². The van der Waals surface area contributed by atoms with Crippen LogP contribution >= 0.6 is 15.9 Å². The maximum Gasteiger partial charge on any atom is 0.302 e. The van der Waals surface area contributed by atoms with Crippen molar-refractivity contribution in [1.29, 1.82) is 0 Å². The Morgan fingerprint density at radius 3 is 2.56 bits per heavy atom. The molecule has 0 saturated heterocycles. The first-order chi connectivity index (χ1) is 11.8. The van der Waals surface area contributed by atoms with Crippen LogP contribution in [0, 0.1) is 0 Å². The van der Waals surface area contributed by atoms with E-state index < -0.39 is 0 Å². The number of halogens is 1. The second-order valence-electron chi connectivity index (χ2n) is 6.47. The Morgan fingerprint density at radius 2 is 2.00 bits per heavy atom. The highest BCUT2D eigenvalue weighted by Gasteiger charge is 2.28. The topological polar surface area (TPSA) is 103 Å². The number of aliphatic hydroxyl groups is 1. The van der Waals surface area contributed by atoms with E-state index >= 15 is 0 Å². The summed E-state index contributed by atoms with van der Waals surface area (Å²) in [5.74, 6) is 1.60. The van der Waals surface area contributed by atoms with Gasteiger partial charge in [-0.05, 0) is 55.5 Å². The maximum absolute atomic E-state index is 11.0. The Morgan fingerprint density at radius 1 is 1.40 bits per heavy atom. The van der Waals surface area contributed by atoms with E-state index in [0.717, 1.165) is 41.6 Å². The number of aromatic nitrogens is 3. The van der Waals surface area contributed by atoms with E-state index in [1.807, 2.05) is 10.6 Å². The van der Waals surface area contributed by atoms with Crippen molar-refractivity contribution in [3.8, 4) is 0 Å². The van der Waals surface area contributed by atoms with E-state index in [1.165, 1.54) is 6.92 Å². The zero-order valence-electron chi connectivity index (χ0n) is 14.8. The van der Waals surface area contributed by atoms with Gasteiger partial charge in [-0.2, -0.15) is 0 Å². The van der Waals surface area contributed by atoms with Gasteiger partial charge < -0.3 is 15.6 Å². The van der Waals surface area contributed by atoms with Gasteiger partial charge in [0.15, 0.2) is 5.82 Å². The molecule has 3 N–H and O–H groups in total. The van der Waals surface area contributed by atoms with E-state index in [4.69, 9.17) is 15.6 Å². The van der Waals surface area contributed by atoms with Crippen LogP contribution in [0.25, 0.3) is 5.52 Å². The lowest BCUT2D eigenvalue weighted by Gasteiger charge is -2.27. The number of aliphatic hydroxyl groups excluding tert-OH is 1. The van der Waals surface area contributed by atoms with Crippen molar-refractivity contribution < 1.29 is 14.6 Å². The first-order valence-corrected chi connectivity index (χ1v) is 9.22. The van der Waals surface area contributed by atoms with Crippen LogP contribution in [0.4, 0.5) is 5.82 Å². The molecule has 1 saturated carbocycles. The smallest absolute Gasteiger partial charge is 0.302 e. The molecule has 25 heavy (non-hydrogen) atoms. The number of esters is 1. The summed E-state index contributed by atoms with van der Waals surface area (Å²) in [6, 6.07) is 0. The normalized spacial score (nSPS) is 20.2. The van der Waals surface area contributed by atoms with Gasteiger partial charge in [0.1, 0.15) is 22.0 Å². The van der Waals surface area contributed by atoms with Crippen molar-refractivity contribution in [3.63, 3.8) is 0 Å². The van der Waals surface area contributed by atoms with Gasteiger partial charge in [-0.1, -0.05) is 0 Å². The quantitative estimate of drug-likeness (QED) is 0.734. The number of carbonyl (C=O) groups is 1. The van der Waals surface area contributed by atoms with Gasteiger partial charge in [-0.15, -0.1) is 0 Å². The molecule has 1 fully saturated rings. The number of hydrogen-bond acceptors (Lipinski definition) is 6. The van der Waals surface area contributed by atoms with Crippen molar-refractivity contribution >= 4 is 33.2 Å². The number of carbonyl (C=O) groups excluding carboxylic acids is 1. The Hall–Kier alpha value is -1.67. The van der Waals surface area contributed by atoms with Crippen LogP contribution in [-0.2, 0) is 9.53 Å². The SMILES string of the molecule is CC(=O)O[C@H]1CC[C@H](c2nc(Br)c3c(N)nccn32)CC1.CC(C)O. The summed E-state index contributed by atoms with van der Waals surface area (Å²) in [6.07, 6.45) is 7.09. The number of fused-ring (bicyclic) bond motifs is 1. The molecule has 0 bridgehead atoms. The van der Waals surface area contributed by atoms with Gasteiger partial charge in [0.2, 0.25) is 0 Å². The van der Waals surface area contributed by atoms with Crippen LogP contribution < -0.4 is 5.73 Å². The molecule has 8 heteroatoms. The largest absolute Gasteiger partial charge is 0.463 e. The fraction of sp³-hybridized carbons (Fsp3) is 0.588. The van der Waals surface area contributed by atoms with E-state index in [-0.39, 0.29) is 18.2 Å². The van der Waals surface area contributed by atoms with Crippen molar-refractivity contribution in [1.82, 2.24) is 14.4 Å². The fourth-order valence-electron chi connectivity index (χ4n) is 3.00. The second-order valence-corrected chi connectivity index (χ2v) is 7.22. The second kappa shape index (κ2) is 8.62. The lowest BCUT2D eigenvalue weighted by atomic mass is 9.87. The highest BCUT2D eigenvalue weighted by Crippen LogP contribution is 2.36. The number of hydrogen-bond donors (Lipinski definition) is 2. The van der Waals surface area contributed by atoms with Gasteiger partial charge in [-0.3, -0.25) is 9.20 Å². The Labute approximate surface area is 155 Å². The Kier molecular flexibility index (Phi) is 6.78. The molecule has 0 radical (unpaired) electrons. The van der Waals surface area contributed by atoms with Crippen molar-refractivity contribution in [2.24, 2.45) is 0 Å². The summed E-state index contributed by atoms with van der Waals surface area (Å²) in [6.45, 7) is 4.90. The molecule has 138 valence electrons. The summed E-state index contributed by atoms with van der Waals surface area (Å²) in [7, 11) is 0. The predicted octanol–water partition coefficient (Wildman–Crippen LogP) is 3.05. The number of ether oxygens (including phenoxy) is 1. The summed E-state index contributed by atoms with van der Waals surface area (Å²) >= 11 is 3.46. The average molecular weight is 413 g/mol. The number of nitrogen functional groups attached to an aromatic ring is 1. The van der Waals surface area contributed by atoms with Crippen molar-refractivity contribution in [2.45, 2.75) is 64.6 Å². The summed E-state index contributed by atoms with van der Waals surface area (Å²) in [5.41, 5.74) is 6.73. The van der Waals surface area contributed by atoms with Crippen LogP contribution in [0.1, 0.15) is 58.2 Å². The molecule has 3 rings (SSSR count). The number of nitrogens with two attached hydrogens (primary N) is 1. The molecule has 0 amide bonds. The number of rotatable bonds is 2. The van der Waals surface area contributed by atoms with Gasteiger partial charge in [-0.25, -0.2) is 9.97 Å². The molecular formula is C17H25BrN4O3. The third-order valence-corrected chi connectivity index (χ3v) is 4.49. The molecule has 1 aliphatic rings. The maximum atomic E-state index is 11.0. The highest BCUT2D eigenvalue weighted by atomic mass is 79.9. The fourth-order valence-corrected chi connectivity index (χ4v) is 3.58. The third kappa shape index (κ3) is 5.15. The molecule has 0 spiro atoms. The Balaban J connectivity index is 0.000000511. The number of anilines is 1. The van der Waals surface area contributed by atoms with E-state index in [9.17, 15) is 4.79 Å². The highest BCUT2D eigenvalue weighted by molar-refractivity contribution is 9.10. The monoisotopic (exact) mass is 412 g/mol. The number of imidazole rings is 1. The van der Waals surface area contributed by atoms with E-state index in [2.05, 4.69) is 25.9 Å². The van der Waals surface area contributed by atoms with Crippen LogP contribution in [0.15, 0.2) is 17.0 Å². The lowest BCUT2D eigenvalue weighted by Crippen LogP contribution is -2.23. The van der Waals surface area contributed by atoms with Crippen LogP contribution in [-0.4, -0.2) is 37.7 Å². The van der Waals surface area contributed by atoms with Gasteiger partial charge >= 0.3 is 5.97 Å². The standard InChI is InChI=1S/C14H17BrN4O2.C3H8O/c1-8(20)21-10-4-2-9(3-5-10)14-18-12(15)11-13(16)17-6-7-19(11)14;1-3(2)4/h6-7,9-10H,2-5H2,1H3,(H2,16,17);3-4H,1-2H3/t9-,10-;. The minimum absolute atomic E-state index is 0.0418. The molecule has 7 nitrogen and oxygen atoms in total. The molecule has 2 heterocycles. The molecule has 0 unspecified atom stereocenters. The first-order valence-electron chi connectivity index (χ1n) is 8.42. The summed E-state index contributed by atoms with van der Waals surface area (Å²) in [5, 5.41) is 8.06. The zero-order valence-corrected chi connectivity index (χ0v) is 16.4. The van der Waals surface area contributed by atoms with Crippen LogP contribution in [0.3, 0.4) is 0 Å². The molecule has 0 atom stereocenters. The van der Waals surface area contributed by atoms with E-state index in [1.54, 1.807) is 20.0 Å². The average Bonchev–Trinajstić information content (AvgIpc) is 2.85. The molecular weight excluding hydrogens is 388 g/mol. The molecule has 1 aliphatic carbocycles. The number of nitrogens with zero attached hydrogens (tertiary/aromatic N) is 3. The van der Waals surface area contributed by atoms with Gasteiger partial charge in [0.25, 0.3) is 0 Å². The summed E-state index contributed by atoms with van der Waals surface area (Å²) < 4.78 is 8.01. The first kappa shape index (κ1) is 19.7.